The minimum atomic E-state index is 0.724. The van der Waals surface area contributed by atoms with Crippen molar-refractivity contribution in [2.75, 3.05) is 5.32 Å². The summed E-state index contributed by atoms with van der Waals surface area (Å²) in [4.78, 5) is 4.53. The molecule has 0 aliphatic rings. The summed E-state index contributed by atoms with van der Waals surface area (Å²) in [6.45, 7) is 0.724. The van der Waals surface area contributed by atoms with Gasteiger partial charge in [0.15, 0.2) is 0 Å². The molecule has 0 saturated carbocycles. The van der Waals surface area contributed by atoms with Crippen molar-refractivity contribution in [3.8, 4) is 0 Å². The lowest BCUT2D eigenvalue weighted by molar-refractivity contribution is 1.09. The molecule has 0 fully saturated rings. The zero-order chi connectivity index (χ0) is 11.5. The molecule has 3 rings (SSSR count). The van der Waals surface area contributed by atoms with E-state index in [1.165, 1.54) is 0 Å². The zero-order valence-electron chi connectivity index (χ0n) is 9.22. The molecule has 0 aliphatic heterocycles. The summed E-state index contributed by atoms with van der Waals surface area (Å²) in [6, 6.07) is 12.1. The van der Waals surface area contributed by atoms with E-state index in [9.17, 15) is 0 Å². The van der Waals surface area contributed by atoms with Gasteiger partial charge in [-0.05, 0) is 18.2 Å². The Morgan fingerprint density at radius 1 is 1.12 bits per heavy atom. The topological polar surface area (TPSA) is 53.6 Å². The molecule has 0 atom stereocenters. The van der Waals surface area contributed by atoms with Gasteiger partial charge >= 0.3 is 0 Å². The van der Waals surface area contributed by atoms with Gasteiger partial charge < -0.3 is 5.32 Å². The second-order valence-electron chi connectivity index (χ2n) is 3.85. The molecule has 84 valence electrons. The van der Waals surface area contributed by atoms with Crippen LogP contribution in [0, 0.1) is 0 Å². The summed E-state index contributed by atoms with van der Waals surface area (Å²) in [5.41, 5.74) is 2.12. The highest BCUT2D eigenvalue weighted by atomic mass is 15.1. The van der Waals surface area contributed by atoms with Gasteiger partial charge in [-0.3, -0.25) is 5.10 Å². The molecule has 0 amide bonds. The van der Waals surface area contributed by atoms with Crippen LogP contribution in [0.25, 0.3) is 10.9 Å². The summed E-state index contributed by atoms with van der Waals surface area (Å²) in [7, 11) is 0. The van der Waals surface area contributed by atoms with E-state index in [2.05, 4.69) is 32.6 Å². The van der Waals surface area contributed by atoms with E-state index in [1.54, 1.807) is 6.20 Å². The van der Waals surface area contributed by atoms with Gasteiger partial charge in [0.05, 0.1) is 11.7 Å². The SMILES string of the molecule is c1ccc2nc(NCc3cn[nH]c3)ccc2c1. The van der Waals surface area contributed by atoms with Gasteiger partial charge in [-0.2, -0.15) is 5.10 Å². The van der Waals surface area contributed by atoms with E-state index >= 15 is 0 Å². The van der Waals surface area contributed by atoms with Gasteiger partial charge in [0.2, 0.25) is 0 Å². The number of benzene rings is 1. The van der Waals surface area contributed by atoms with Crippen LogP contribution in [-0.4, -0.2) is 15.2 Å². The Labute approximate surface area is 98.7 Å². The molecule has 2 N–H and O–H groups in total. The first kappa shape index (κ1) is 9.84. The number of nitrogens with zero attached hydrogens (tertiary/aromatic N) is 2. The number of H-pyrrole nitrogens is 1. The average molecular weight is 224 g/mol. The standard InChI is InChI=1S/C13H12N4/c1-2-4-12-11(3-1)5-6-13(17-12)14-7-10-8-15-16-9-10/h1-6,8-9H,7H2,(H,14,17)(H,15,16). The van der Waals surface area contributed by atoms with Crippen LogP contribution in [-0.2, 0) is 6.54 Å². The van der Waals surface area contributed by atoms with Crippen molar-refractivity contribution in [2.24, 2.45) is 0 Å². The number of hydrogen-bond donors (Lipinski definition) is 2. The molecule has 0 bridgehead atoms. The summed E-state index contributed by atoms with van der Waals surface area (Å²) in [5, 5.41) is 11.1. The van der Waals surface area contributed by atoms with Crippen LogP contribution < -0.4 is 5.32 Å². The van der Waals surface area contributed by atoms with Crippen molar-refractivity contribution in [2.45, 2.75) is 6.54 Å². The molecule has 0 saturated heterocycles. The molecule has 4 heteroatoms. The number of hydrogen-bond acceptors (Lipinski definition) is 3. The first-order valence-electron chi connectivity index (χ1n) is 5.49. The Hall–Kier alpha value is -2.36. The minimum Gasteiger partial charge on any atom is -0.366 e. The lowest BCUT2D eigenvalue weighted by atomic mass is 10.2. The smallest absolute Gasteiger partial charge is 0.126 e. The van der Waals surface area contributed by atoms with Crippen LogP contribution in [0.5, 0.6) is 0 Å². The van der Waals surface area contributed by atoms with Gasteiger partial charge in [0.25, 0.3) is 0 Å². The lowest BCUT2D eigenvalue weighted by Gasteiger charge is -2.04. The van der Waals surface area contributed by atoms with Crippen LogP contribution >= 0.6 is 0 Å². The molecule has 2 heterocycles. The Balaban J connectivity index is 1.81. The maximum absolute atomic E-state index is 4.53. The number of nitrogens with one attached hydrogen (secondary N) is 2. The number of aromatic amines is 1. The molecule has 0 aliphatic carbocycles. The van der Waals surface area contributed by atoms with Crippen molar-refractivity contribution in [3.63, 3.8) is 0 Å². The summed E-state index contributed by atoms with van der Waals surface area (Å²) < 4.78 is 0. The third kappa shape index (κ3) is 2.10. The quantitative estimate of drug-likeness (QED) is 0.719. The molecule has 4 nitrogen and oxygen atoms in total. The highest BCUT2D eigenvalue weighted by molar-refractivity contribution is 5.79. The van der Waals surface area contributed by atoms with Crippen molar-refractivity contribution in [3.05, 3.63) is 54.4 Å². The first-order valence-corrected chi connectivity index (χ1v) is 5.49. The fourth-order valence-electron chi connectivity index (χ4n) is 1.73. The van der Waals surface area contributed by atoms with Gasteiger partial charge in [0, 0.05) is 23.7 Å². The second-order valence-corrected chi connectivity index (χ2v) is 3.85. The molecule has 3 aromatic rings. The molecule has 0 spiro atoms. The van der Waals surface area contributed by atoms with Crippen molar-refractivity contribution in [1.29, 1.82) is 0 Å². The third-order valence-electron chi connectivity index (χ3n) is 2.63. The van der Waals surface area contributed by atoms with E-state index in [0.29, 0.717) is 0 Å². The number of rotatable bonds is 3. The number of pyridine rings is 1. The van der Waals surface area contributed by atoms with Crippen molar-refractivity contribution < 1.29 is 0 Å². The maximum Gasteiger partial charge on any atom is 0.126 e. The summed E-state index contributed by atoms with van der Waals surface area (Å²) in [5.74, 6) is 0.880. The van der Waals surface area contributed by atoms with E-state index in [4.69, 9.17) is 0 Å². The van der Waals surface area contributed by atoms with Crippen LogP contribution in [0.4, 0.5) is 5.82 Å². The van der Waals surface area contributed by atoms with E-state index in [0.717, 1.165) is 28.8 Å². The Morgan fingerprint density at radius 2 is 2.06 bits per heavy atom. The van der Waals surface area contributed by atoms with Crippen LogP contribution in [0.3, 0.4) is 0 Å². The van der Waals surface area contributed by atoms with Gasteiger partial charge in [0.1, 0.15) is 5.82 Å². The van der Waals surface area contributed by atoms with Gasteiger partial charge in [-0.25, -0.2) is 4.98 Å². The molecule has 0 unspecified atom stereocenters. The molecule has 1 aromatic carbocycles. The Morgan fingerprint density at radius 3 is 2.94 bits per heavy atom. The van der Waals surface area contributed by atoms with Gasteiger partial charge in [-0.1, -0.05) is 18.2 Å². The molecular formula is C13H12N4. The average Bonchev–Trinajstić information content (AvgIpc) is 2.89. The first-order chi connectivity index (χ1) is 8.42. The number of anilines is 1. The number of para-hydroxylation sites is 1. The Kier molecular flexibility index (Phi) is 2.46. The predicted octanol–water partition coefficient (Wildman–Crippen LogP) is 2.57. The Bertz CT molecular complexity index is 616. The zero-order valence-corrected chi connectivity index (χ0v) is 9.22. The number of fused-ring (bicyclic) bond motifs is 1. The third-order valence-corrected chi connectivity index (χ3v) is 2.63. The van der Waals surface area contributed by atoms with Crippen LogP contribution in [0.15, 0.2) is 48.8 Å². The highest BCUT2D eigenvalue weighted by Crippen LogP contribution is 2.14. The lowest BCUT2D eigenvalue weighted by Crippen LogP contribution is -2.00. The monoisotopic (exact) mass is 224 g/mol. The van der Waals surface area contributed by atoms with Crippen molar-refractivity contribution >= 4 is 16.7 Å². The van der Waals surface area contributed by atoms with Crippen LogP contribution in [0.2, 0.25) is 0 Å². The van der Waals surface area contributed by atoms with Crippen molar-refractivity contribution in [1.82, 2.24) is 15.2 Å². The molecule has 0 radical (unpaired) electrons. The maximum atomic E-state index is 4.53. The highest BCUT2D eigenvalue weighted by Gasteiger charge is 1.98. The van der Waals surface area contributed by atoms with Gasteiger partial charge in [-0.15, -0.1) is 0 Å². The second kappa shape index (κ2) is 4.25. The fourth-order valence-corrected chi connectivity index (χ4v) is 1.73. The van der Waals surface area contributed by atoms with E-state index in [-0.39, 0.29) is 0 Å². The number of aromatic nitrogens is 3. The molecule has 2 aromatic heterocycles. The largest absolute Gasteiger partial charge is 0.366 e. The fraction of sp³-hybridized carbons (Fsp3) is 0.0769. The predicted molar refractivity (Wildman–Crippen MR) is 67.7 cm³/mol. The normalized spacial score (nSPS) is 10.6. The van der Waals surface area contributed by atoms with E-state index < -0.39 is 0 Å². The minimum absolute atomic E-state index is 0.724. The molecule has 17 heavy (non-hydrogen) atoms. The van der Waals surface area contributed by atoms with Crippen LogP contribution in [0.1, 0.15) is 5.56 Å². The summed E-state index contributed by atoms with van der Waals surface area (Å²) in [6.07, 6.45) is 3.67. The molecular weight excluding hydrogens is 212 g/mol. The van der Waals surface area contributed by atoms with E-state index in [1.807, 2.05) is 30.5 Å². The summed E-state index contributed by atoms with van der Waals surface area (Å²) >= 11 is 0.